The summed E-state index contributed by atoms with van der Waals surface area (Å²) in [4.78, 5) is 31.9. The van der Waals surface area contributed by atoms with Crippen LogP contribution in [-0.2, 0) is 9.53 Å². The number of hydrogen-bond acceptors (Lipinski definition) is 7. The van der Waals surface area contributed by atoms with Gasteiger partial charge in [-0.3, -0.25) is 9.36 Å². The lowest BCUT2D eigenvalue weighted by Crippen LogP contribution is -2.39. The third-order valence-corrected chi connectivity index (χ3v) is 8.27. The zero-order valence-corrected chi connectivity index (χ0v) is 24.9. The Morgan fingerprint density at radius 1 is 1.21 bits per heavy atom. The Bertz CT molecular complexity index is 1820. The number of hydrogen-bond donors (Lipinski definition) is 0. The molecular weight excluding hydrogens is 627 g/mol. The summed E-state index contributed by atoms with van der Waals surface area (Å²) < 4.78 is 19.3. The highest BCUT2D eigenvalue weighted by molar-refractivity contribution is 9.10. The monoisotopic (exact) mass is 646 g/mol. The van der Waals surface area contributed by atoms with E-state index in [0.29, 0.717) is 63.5 Å². The minimum atomic E-state index is -0.748. The molecule has 7 nitrogen and oxygen atoms in total. The maximum atomic E-state index is 13.8. The molecule has 39 heavy (non-hydrogen) atoms. The van der Waals surface area contributed by atoms with Crippen molar-refractivity contribution in [1.29, 1.82) is 0 Å². The maximum Gasteiger partial charge on any atom is 0.338 e. The second-order valence-electron chi connectivity index (χ2n) is 8.52. The van der Waals surface area contributed by atoms with E-state index in [2.05, 4.69) is 20.9 Å². The van der Waals surface area contributed by atoms with Gasteiger partial charge < -0.3 is 13.9 Å². The number of benzene rings is 2. The third-order valence-electron chi connectivity index (χ3n) is 6.10. The fourth-order valence-corrected chi connectivity index (χ4v) is 6.32. The molecular formula is C28H21BrCl2N2O5S. The summed E-state index contributed by atoms with van der Waals surface area (Å²) in [7, 11) is 1.57. The van der Waals surface area contributed by atoms with Crippen molar-refractivity contribution < 1.29 is 18.7 Å². The molecule has 1 atom stereocenters. The van der Waals surface area contributed by atoms with Crippen molar-refractivity contribution in [3.63, 3.8) is 0 Å². The molecule has 5 rings (SSSR count). The summed E-state index contributed by atoms with van der Waals surface area (Å²) >= 11 is 17.2. The number of esters is 1. The SMILES string of the molecule is CCOC(=O)C1=C(C)N=c2s/c(=C/c3ccc(-c4cc(Cl)ccc4Cl)o3)c(=O)n2[C@H]1c1ccc(OC)c(Br)c1. The lowest BCUT2D eigenvalue weighted by Gasteiger charge is -2.25. The number of thiazole rings is 1. The Balaban J connectivity index is 1.65. The van der Waals surface area contributed by atoms with Crippen molar-refractivity contribution in [2.45, 2.75) is 19.9 Å². The maximum absolute atomic E-state index is 13.8. The Labute approximate surface area is 245 Å². The first-order chi connectivity index (χ1) is 18.7. The molecule has 200 valence electrons. The predicted molar refractivity (Wildman–Crippen MR) is 155 cm³/mol. The van der Waals surface area contributed by atoms with Gasteiger partial charge in [0.25, 0.3) is 5.56 Å². The Morgan fingerprint density at radius 3 is 2.72 bits per heavy atom. The number of furan rings is 1. The lowest BCUT2D eigenvalue weighted by atomic mass is 9.96. The number of allylic oxidation sites excluding steroid dienone is 1. The van der Waals surface area contributed by atoms with Crippen molar-refractivity contribution in [1.82, 2.24) is 4.57 Å². The molecule has 11 heteroatoms. The number of carbonyl (C=O) groups is 1. The first-order valence-corrected chi connectivity index (χ1v) is 14.2. The third kappa shape index (κ3) is 5.24. The molecule has 0 spiro atoms. The van der Waals surface area contributed by atoms with Crippen molar-refractivity contribution in [3.05, 3.63) is 105 Å². The molecule has 2 aromatic carbocycles. The highest BCUT2D eigenvalue weighted by atomic mass is 79.9. The van der Waals surface area contributed by atoms with Crippen molar-refractivity contribution >= 4 is 62.5 Å². The summed E-state index contributed by atoms with van der Waals surface area (Å²) in [5.74, 6) is 1.07. The number of carbonyl (C=O) groups excluding carboxylic acids is 1. The summed E-state index contributed by atoms with van der Waals surface area (Å²) in [6.45, 7) is 3.66. The van der Waals surface area contributed by atoms with Gasteiger partial charge in [-0.25, -0.2) is 9.79 Å². The van der Waals surface area contributed by atoms with Crippen LogP contribution in [-0.4, -0.2) is 24.3 Å². The van der Waals surface area contributed by atoms with Crippen LogP contribution >= 0.6 is 50.5 Å². The second-order valence-corrected chi connectivity index (χ2v) is 11.2. The molecule has 0 saturated carbocycles. The number of fused-ring (bicyclic) bond motifs is 1. The fraction of sp³-hybridized carbons (Fsp3) is 0.179. The predicted octanol–water partition coefficient (Wildman–Crippen LogP) is 6.14. The second kappa shape index (κ2) is 11.2. The van der Waals surface area contributed by atoms with E-state index >= 15 is 0 Å². The molecule has 0 unspecified atom stereocenters. The molecule has 0 fully saturated rings. The zero-order valence-electron chi connectivity index (χ0n) is 21.0. The van der Waals surface area contributed by atoms with E-state index in [9.17, 15) is 9.59 Å². The zero-order chi connectivity index (χ0) is 27.8. The minimum Gasteiger partial charge on any atom is -0.496 e. The summed E-state index contributed by atoms with van der Waals surface area (Å²) in [5, 5.41) is 1.02. The van der Waals surface area contributed by atoms with Crippen LogP contribution < -0.4 is 19.6 Å². The average molecular weight is 648 g/mol. The van der Waals surface area contributed by atoms with Gasteiger partial charge in [-0.2, -0.15) is 0 Å². The van der Waals surface area contributed by atoms with Gasteiger partial charge in [0, 0.05) is 16.7 Å². The molecule has 0 amide bonds. The van der Waals surface area contributed by atoms with Crippen LogP contribution in [0.5, 0.6) is 5.75 Å². The van der Waals surface area contributed by atoms with E-state index in [1.807, 2.05) is 12.1 Å². The highest BCUT2D eigenvalue weighted by Gasteiger charge is 2.33. The molecule has 0 N–H and O–H groups in total. The van der Waals surface area contributed by atoms with Gasteiger partial charge in [0.05, 0.1) is 45.1 Å². The Hall–Kier alpha value is -3.11. The van der Waals surface area contributed by atoms with Gasteiger partial charge in [-0.15, -0.1) is 0 Å². The van der Waals surface area contributed by atoms with Crippen LogP contribution in [0, 0.1) is 0 Å². The molecule has 0 aliphatic carbocycles. The van der Waals surface area contributed by atoms with E-state index in [4.69, 9.17) is 37.1 Å². The number of nitrogens with zero attached hydrogens (tertiary/aromatic N) is 2. The average Bonchev–Trinajstić information content (AvgIpc) is 3.49. The van der Waals surface area contributed by atoms with Gasteiger partial charge in [0.15, 0.2) is 4.80 Å². The molecule has 0 radical (unpaired) electrons. The minimum absolute atomic E-state index is 0.191. The quantitative estimate of drug-likeness (QED) is 0.235. The van der Waals surface area contributed by atoms with Crippen LogP contribution in [0.3, 0.4) is 0 Å². The fourth-order valence-electron chi connectivity index (χ4n) is 4.35. The summed E-state index contributed by atoms with van der Waals surface area (Å²) in [6.07, 6.45) is 1.65. The molecule has 4 aromatic rings. The van der Waals surface area contributed by atoms with Gasteiger partial charge in [-0.05, 0) is 77.8 Å². The highest BCUT2D eigenvalue weighted by Crippen LogP contribution is 2.35. The van der Waals surface area contributed by atoms with Crippen LogP contribution in [0.25, 0.3) is 17.4 Å². The Kier molecular flexibility index (Phi) is 7.87. The van der Waals surface area contributed by atoms with Crippen molar-refractivity contribution in [3.8, 4) is 17.1 Å². The summed E-state index contributed by atoms with van der Waals surface area (Å²) in [6, 6.07) is 13.3. The molecule has 3 heterocycles. The number of aromatic nitrogens is 1. The standard InChI is InChI=1S/C28H21BrCl2N2O5S/c1-4-37-27(35)24-14(2)32-28-33(25(24)15-5-9-22(36-3)19(29)11-15)26(34)23(39-28)13-17-7-10-21(38-17)18-12-16(30)6-8-20(18)31/h5-13,25H,4H2,1-3H3/b23-13+/t25-/m0/s1. The van der Waals surface area contributed by atoms with Crippen LogP contribution in [0.15, 0.2) is 78.5 Å². The van der Waals surface area contributed by atoms with E-state index in [1.54, 1.807) is 63.4 Å². The van der Waals surface area contributed by atoms with Crippen LogP contribution in [0.2, 0.25) is 10.0 Å². The molecule has 2 aromatic heterocycles. The Morgan fingerprint density at radius 2 is 2.00 bits per heavy atom. The van der Waals surface area contributed by atoms with E-state index in [-0.39, 0.29) is 12.2 Å². The number of methoxy groups -OCH3 is 1. The van der Waals surface area contributed by atoms with Crippen molar-refractivity contribution in [2.24, 2.45) is 4.99 Å². The van der Waals surface area contributed by atoms with Gasteiger partial charge in [0.2, 0.25) is 0 Å². The molecule has 1 aliphatic heterocycles. The van der Waals surface area contributed by atoms with Gasteiger partial charge in [0.1, 0.15) is 17.3 Å². The van der Waals surface area contributed by atoms with E-state index < -0.39 is 12.0 Å². The number of rotatable bonds is 6. The van der Waals surface area contributed by atoms with E-state index in [0.717, 1.165) is 0 Å². The first kappa shape index (κ1) is 27.5. The topological polar surface area (TPSA) is 83.0 Å². The summed E-state index contributed by atoms with van der Waals surface area (Å²) in [5.41, 5.74) is 1.80. The normalized spacial score (nSPS) is 15.2. The van der Waals surface area contributed by atoms with E-state index in [1.165, 1.54) is 15.9 Å². The number of ether oxygens (including phenoxy) is 2. The molecule has 1 aliphatic rings. The van der Waals surface area contributed by atoms with Gasteiger partial charge in [-0.1, -0.05) is 40.6 Å². The van der Waals surface area contributed by atoms with Crippen LogP contribution in [0.4, 0.5) is 0 Å². The van der Waals surface area contributed by atoms with Gasteiger partial charge >= 0.3 is 5.97 Å². The smallest absolute Gasteiger partial charge is 0.338 e. The largest absolute Gasteiger partial charge is 0.496 e. The molecule has 0 bridgehead atoms. The number of halogens is 3. The van der Waals surface area contributed by atoms with Crippen LogP contribution in [0.1, 0.15) is 31.2 Å². The first-order valence-electron chi connectivity index (χ1n) is 11.8. The lowest BCUT2D eigenvalue weighted by molar-refractivity contribution is -0.139. The van der Waals surface area contributed by atoms with Crippen molar-refractivity contribution in [2.75, 3.05) is 13.7 Å². The molecule has 0 saturated heterocycles.